The van der Waals surface area contributed by atoms with Crippen LogP contribution in [0.2, 0.25) is 0 Å². The van der Waals surface area contributed by atoms with E-state index >= 15 is 0 Å². The maximum absolute atomic E-state index is 10.9. The van der Waals surface area contributed by atoms with Gasteiger partial charge >= 0.3 is 0 Å². The van der Waals surface area contributed by atoms with Crippen LogP contribution in [0.1, 0.15) is 25.2 Å². The monoisotopic (exact) mass is 363 g/mol. The Morgan fingerprint density at radius 2 is 1.35 bits per heavy atom. The van der Waals surface area contributed by atoms with Crippen LogP contribution in [0.15, 0.2) is 12.4 Å². The average molecular weight is 363 g/mol. The van der Waals surface area contributed by atoms with Crippen LogP contribution in [-0.4, -0.2) is 66.8 Å². The summed E-state index contributed by atoms with van der Waals surface area (Å²) in [4.78, 5) is 23.8. The quantitative estimate of drug-likeness (QED) is 0.542. The fourth-order valence-corrected chi connectivity index (χ4v) is 2.34. The lowest BCUT2D eigenvalue weighted by Gasteiger charge is -2.12. The molecular weight excluding hydrogens is 338 g/mol. The van der Waals surface area contributed by atoms with Gasteiger partial charge in [-0.1, -0.05) is 10.4 Å². The average Bonchev–Trinajstić information content (AvgIpc) is 3.16. The molecule has 0 fully saturated rings. The minimum atomic E-state index is -0.0600. The highest BCUT2D eigenvalue weighted by Gasteiger charge is 2.08. The molecule has 0 spiro atoms. The van der Waals surface area contributed by atoms with Gasteiger partial charge in [0.05, 0.1) is 24.5 Å². The molecule has 0 saturated carbocycles. The molecule has 2 amide bonds. The predicted molar refractivity (Wildman–Crippen MR) is 92.6 cm³/mol. The second-order valence-corrected chi connectivity index (χ2v) is 6.08. The highest BCUT2D eigenvalue weighted by atomic mass is 16.2. The number of nitrogens with zero attached hydrogens (tertiary/aromatic N) is 7. The molecule has 0 bridgehead atoms. The molecule has 142 valence electrons. The Morgan fingerprint density at radius 3 is 1.73 bits per heavy atom. The third-order valence-corrected chi connectivity index (χ3v) is 3.47. The molecule has 0 aromatic carbocycles. The highest BCUT2D eigenvalue weighted by Crippen LogP contribution is 2.03. The first-order valence-corrected chi connectivity index (χ1v) is 8.38. The van der Waals surface area contributed by atoms with Crippen molar-refractivity contribution in [1.82, 2.24) is 45.5 Å². The number of amides is 2. The van der Waals surface area contributed by atoms with Crippen LogP contribution in [0, 0.1) is 0 Å². The van der Waals surface area contributed by atoms with E-state index in [1.54, 1.807) is 9.36 Å². The van der Waals surface area contributed by atoms with Gasteiger partial charge in [0.1, 0.15) is 0 Å². The highest BCUT2D eigenvalue weighted by molar-refractivity contribution is 5.72. The molecule has 2 aromatic rings. The number of rotatable bonds is 10. The Hall–Kier alpha value is -2.82. The minimum absolute atomic E-state index is 0.0600. The Morgan fingerprint density at radius 1 is 0.923 bits per heavy atom. The molecule has 2 N–H and O–H groups in total. The van der Waals surface area contributed by atoms with Crippen molar-refractivity contribution >= 4 is 11.8 Å². The summed E-state index contributed by atoms with van der Waals surface area (Å²) in [5.74, 6) is -0.120. The van der Waals surface area contributed by atoms with E-state index in [1.807, 2.05) is 19.4 Å². The van der Waals surface area contributed by atoms with Gasteiger partial charge in [0.15, 0.2) is 0 Å². The molecule has 0 unspecified atom stereocenters. The van der Waals surface area contributed by atoms with Gasteiger partial charge in [0.25, 0.3) is 0 Å². The number of carbonyl (C=O) groups excluding carboxylic acids is 2. The van der Waals surface area contributed by atoms with E-state index in [4.69, 9.17) is 0 Å². The zero-order valence-electron chi connectivity index (χ0n) is 15.3. The largest absolute Gasteiger partial charge is 0.354 e. The van der Waals surface area contributed by atoms with Gasteiger partial charge in [0.2, 0.25) is 11.8 Å². The molecule has 0 aliphatic carbocycles. The lowest BCUT2D eigenvalue weighted by Crippen LogP contribution is -2.24. The lowest BCUT2D eigenvalue weighted by molar-refractivity contribution is -0.119. The zero-order chi connectivity index (χ0) is 18.9. The van der Waals surface area contributed by atoms with Crippen molar-refractivity contribution in [3.05, 3.63) is 23.8 Å². The van der Waals surface area contributed by atoms with Crippen LogP contribution < -0.4 is 10.6 Å². The van der Waals surface area contributed by atoms with E-state index in [2.05, 4.69) is 36.2 Å². The number of hydrogen-bond acceptors (Lipinski definition) is 7. The summed E-state index contributed by atoms with van der Waals surface area (Å²) in [5, 5.41) is 21.8. The van der Waals surface area contributed by atoms with Crippen LogP contribution in [0.5, 0.6) is 0 Å². The van der Waals surface area contributed by atoms with Crippen molar-refractivity contribution in [3.63, 3.8) is 0 Å². The van der Waals surface area contributed by atoms with E-state index in [0.29, 0.717) is 39.3 Å². The Balaban J connectivity index is 1.75. The zero-order valence-corrected chi connectivity index (χ0v) is 15.3. The fraction of sp³-hybridized carbons (Fsp3) is 0.600. The van der Waals surface area contributed by atoms with E-state index in [9.17, 15) is 9.59 Å². The van der Waals surface area contributed by atoms with E-state index in [-0.39, 0.29) is 11.8 Å². The van der Waals surface area contributed by atoms with Gasteiger partial charge in [-0.05, 0) is 7.05 Å². The first-order valence-electron chi connectivity index (χ1n) is 8.38. The van der Waals surface area contributed by atoms with E-state index in [0.717, 1.165) is 11.4 Å². The number of nitrogens with one attached hydrogen (secondary N) is 2. The second kappa shape index (κ2) is 9.61. The van der Waals surface area contributed by atoms with Crippen LogP contribution in [-0.2, 0) is 35.8 Å². The standard InChI is InChI=1S/C15H25N9O2/c1-12(25)16-4-6-23-10-14(18-20-23)8-22(3)9-15-11-24(21-19-15)7-5-17-13(2)26/h10-11H,4-9H2,1-3H3,(H,16,25)(H,17,26). The summed E-state index contributed by atoms with van der Waals surface area (Å²) in [5.41, 5.74) is 1.68. The summed E-state index contributed by atoms with van der Waals surface area (Å²) >= 11 is 0. The van der Waals surface area contributed by atoms with E-state index < -0.39 is 0 Å². The van der Waals surface area contributed by atoms with Crippen molar-refractivity contribution in [2.45, 2.75) is 40.0 Å². The van der Waals surface area contributed by atoms with Crippen LogP contribution in [0.4, 0.5) is 0 Å². The molecule has 0 atom stereocenters. The molecule has 11 heteroatoms. The van der Waals surface area contributed by atoms with Gasteiger partial charge in [-0.15, -0.1) is 10.2 Å². The maximum Gasteiger partial charge on any atom is 0.216 e. The molecule has 0 aliphatic heterocycles. The van der Waals surface area contributed by atoms with Crippen LogP contribution in [0.3, 0.4) is 0 Å². The number of aromatic nitrogens is 6. The topological polar surface area (TPSA) is 123 Å². The molecule has 2 rings (SSSR count). The van der Waals surface area contributed by atoms with Gasteiger partial charge in [-0.3, -0.25) is 23.9 Å². The van der Waals surface area contributed by atoms with Crippen molar-refractivity contribution in [2.24, 2.45) is 0 Å². The molecular formula is C15H25N9O2. The van der Waals surface area contributed by atoms with Crippen molar-refractivity contribution in [1.29, 1.82) is 0 Å². The molecule has 26 heavy (non-hydrogen) atoms. The summed E-state index contributed by atoms with van der Waals surface area (Å²) in [6.45, 7) is 6.43. The first-order chi connectivity index (χ1) is 12.4. The first kappa shape index (κ1) is 19.5. The predicted octanol–water partition coefficient (Wildman–Crippen LogP) is -1.23. The number of hydrogen-bond donors (Lipinski definition) is 2. The van der Waals surface area contributed by atoms with Gasteiger partial charge in [-0.25, -0.2) is 0 Å². The SMILES string of the molecule is CC(=O)NCCn1cc(CN(C)Cc2cn(CCNC(C)=O)nn2)nn1. The van der Waals surface area contributed by atoms with Gasteiger partial charge < -0.3 is 10.6 Å². The molecule has 2 aromatic heterocycles. The summed E-state index contributed by atoms with van der Waals surface area (Å²) in [6, 6.07) is 0. The Labute approximate surface area is 151 Å². The van der Waals surface area contributed by atoms with Gasteiger partial charge in [0, 0.05) is 52.4 Å². The smallest absolute Gasteiger partial charge is 0.216 e. The maximum atomic E-state index is 10.9. The Bertz CT molecular complexity index is 664. The van der Waals surface area contributed by atoms with E-state index in [1.165, 1.54) is 13.8 Å². The molecule has 0 saturated heterocycles. The molecule has 11 nitrogen and oxygen atoms in total. The van der Waals surface area contributed by atoms with Crippen molar-refractivity contribution in [3.8, 4) is 0 Å². The fourth-order valence-electron chi connectivity index (χ4n) is 2.34. The third kappa shape index (κ3) is 6.97. The summed E-state index contributed by atoms with van der Waals surface area (Å²) in [7, 11) is 1.96. The minimum Gasteiger partial charge on any atom is -0.354 e. The molecule has 2 heterocycles. The third-order valence-electron chi connectivity index (χ3n) is 3.47. The molecule has 0 radical (unpaired) electrons. The lowest BCUT2D eigenvalue weighted by atomic mass is 10.4. The van der Waals surface area contributed by atoms with Crippen molar-refractivity contribution in [2.75, 3.05) is 20.1 Å². The van der Waals surface area contributed by atoms with Gasteiger partial charge in [-0.2, -0.15) is 0 Å². The normalized spacial score (nSPS) is 10.9. The Kier molecular flexibility index (Phi) is 7.21. The summed E-state index contributed by atoms with van der Waals surface area (Å²) < 4.78 is 3.41. The summed E-state index contributed by atoms with van der Waals surface area (Å²) in [6.07, 6.45) is 3.73. The van der Waals surface area contributed by atoms with Crippen LogP contribution in [0.25, 0.3) is 0 Å². The molecule has 0 aliphatic rings. The van der Waals surface area contributed by atoms with Crippen LogP contribution >= 0.6 is 0 Å². The van der Waals surface area contributed by atoms with Crippen molar-refractivity contribution < 1.29 is 9.59 Å². The second-order valence-electron chi connectivity index (χ2n) is 6.08. The number of carbonyl (C=O) groups is 2.